The minimum Gasteiger partial charge on any atom is -0.508 e. The van der Waals surface area contributed by atoms with Crippen molar-refractivity contribution in [3.05, 3.63) is 29.3 Å². The highest BCUT2D eigenvalue weighted by Gasteiger charge is 2.34. The van der Waals surface area contributed by atoms with Gasteiger partial charge < -0.3 is 15.1 Å². The normalized spacial score (nSPS) is 18.6. The summed E-state index contributed by atoms with van der Waals surface area (Å²) in [5, 5.41) is 18.6. The van der Waals surface area contributed by atoms with Gasteiger partial charge in [-0.05, 0) is 29.7 Å². The number of phenols is 1. The van der Waals surface area contributed by atoms with E-state index in [4.69, 9.17) is 0 Å². The zero-order chi connectivity index (χ0) is 12.6. The fourth-order valence-corrected chi connectivity index (χ4v) is 2.21. The Hall–Kier alpha value is -2.04. The van der Waals surface area contributed by atoms with Gasteiger partial charge in [-0.1, -0.05) is 6.07 Å². The van der Waals surface area contributed by atoms with Crippen molar-refractivity contribution in [3.8, 4) is 5.75 Å². The summed E-state index contributed by atoms with van der Waals surface area (Å²) in [4.78, 5) is 24.0. The monoisotopic (exact) mass is 235 g/mol. The van der Waals surface area contributed by atoms with Crippen LogP contribution in [-0.4, -0.2) is 33.5 Å². The maximum absolute atomic E-state index is 11.4. The van der Waals surface area contributed by atoms with Crippen LogP contribution in [0.3, 0.4) is 0 Å². The van der Waals surface area contributed by atoms with Gasteiger partial charge in [-0.15, -0.1) is 0 Å². The Morgan fingerprint density at radius 1 is 1.41 bits per heavy atom. The number of carboxylic acids is 1. The molecule has 1 amide bonds. The number of aromatic hydroxyl groups is 1. The molecule has 17 heavy (non-hydrogen) atoms. The molecule has 1 aliphatic rings. The van der Waals surface area contributed by atoms with E-state index in [0.29, 0.717) is 18.5 Å². The molecular weight excluding hydrogens is 222 g/mol. The summed E-state index contributed by atoms with van der Waals surface area (Å²) < 4.78 is 0. The highest BCUT2D eigenvalue weighted by molar-refractivity contribution is 5.84. The number of fused-ring (bicyclic) bond motifs is 1. The first-order valence-electron chi connectivity index (χ1n) is 5.32. The molecule has 0 radical (unpaired) electrons. The lowest BCUT2D eigenvalue weighted by atomic mass is 9.92. The Balaban J connectivity index is 2.51. The van der Waals surface area contributed by atoms with E-state index >= 15 is 0 Å². The zero-order valence-electron chi connectivity index (χ0n) is 9.38. The quantitative estimate of drug-likeness (QED) is 0.758. The topological polar surface area (TPSA) is 77.8 Å². The van der Waals surface area contributed by atoms with Gasteiger partial charge in [-0.3, -0.25) is 4.79 Å². The first kappa shape index (κ1) is 11.4. The van der Waals surface area contributed by atoms with E-state index in [1.807, 2.05) is 0 Å². The van der Waals surface area contributed by atoms with Crippen molar-refractivity contribution in [2.45, 2.75) is 19.4 Å². The molecule has 1 aromatic rings. The molecule has 5 heteroatoms. The molecule has 2 rings (SSSR count). The maximum atomic E-state index is 11.4. The van der Waals surface area contributed by atoms with Gasteiger partial charge in [0.25, 0.3) is 0 Å². The molecule has 5 nitrogen and oxygen atoms in total. The van der Waals surface area contributed by atoms with Gasteiger partial charge >= 0.3 is 5.97 Å². The second-order valence-electron chi connectivity index (χ2n) is 4.09. The predicted molar refractivity (Wildman–Crippen MR) is 59.6 cm³/mol. The number of carbonyl (C=O) groups is 2. The van der Waals surface area contributed by atoms with Gasteiger partial charge in [0.05, 0.1) is 0 Å². The summed E-state index contributed by atoms with van der Waals surface area (Å²) in [5.74, 6) is -1.33. The van der Waals surface area contributed by atoms with Crippen molar-refractivity contribution in [2.24, 2.45) is 0 Å². The van der Waals surface area contributed by atoms with Crippen LogP contribution in [0, 0.1) is 0 Å². The molecule has 1 atom stereocenters. The van der Waals surface area contributed by atoms with E-state index in [9.17, 15) is 19.8 Å². The van der Waals surface area contributed by atoms with Gasteiger partial charge in [0.1, 0.15) is 5.75 Å². The largest absolute Gasteiger partial charge is 0.508 e. The van der Waals surface area contributed by atoms with E-state index in [1.54, 1.807) is 6.07 Å². The van der Waals surface area contributed by atoms with Crippen molar-refractivity contribution >= 4 is 11.9 Å². The molecule has 0 fully saturated rings. The number of carbonyl (C=O) groups excluding carboxylic acids is 1. The Bertz CT molecular complexity index is 483. The number of phenolic OH excluding ortho intramolecular Hbond substituents is 1. The Kier molecular flexibility index (Phi) is 2.75. The van der Waals surface area contributed by atoms with Gasteiger partial charge in [-0.25, -0.2) is 4.79 Å². The van der Waals surface area contributed by atoms with E-state index in [1.165, 1.54) is 24.0 Å². The Labute approximate surface area is 98.3 Å². The van der Waals surface area contributed by atoms with Gasteiger partial charge in [0.15, 0.2) is 6.04 Å². The first-order chi connectivity index (χ1) is 8.00. The molecule has 90 valence electrons. The average molecular weight is 235 g/mol. The third kappa shape index (κ3) is 1.95. The molecule has 0 saturated carbocycles. The molecule has 0 spiro atoms. The molecule has 0 aromatic heterocycles. The van der Waals surface area contributed by atoms with Crippen molar-refractivity contribution in [3.63, 3.8) is 0 Å². The smallest absolute Gasteiger partial charge is 0.331 e. The lowest BCUT2D eigenvalue weighted by molar-refractivity contribution is -0.150. The van der Waals surface area contributed by atoms with Crippen LogP contribution >= 0.6 is 0 Å². The molecule has 1 unspecified atom stereocenters. The molecule has 1 aliphatic heterocycles. The van der Waals surface area contributed by atoms with Crippen LogP contribution in [0.15, 0.2) is 18.2 Å². The number of nitrogens with zero attached hydrogens (tertiary/aromatic N) is 1. The lowest BCUT2D eigenvalue weighted by Crippen LogP contribution is -2.42. The fourth-order valence-electron chi connectivity index (χ4n) is 2.21. The third-order valence-corrected chi connectivity index (χ3v) is 3.00. The molecule has 0 bridgehead atoms. The van der Waals surface area contributed by atoms with Crippen LogP contribution in [-0.2, 0) is 16.0 Å². The van der Waals surface area contributed by atoms with Crippen LogP contribution in [0.4, 0.5) is 0 Å². The van der Waals surface area contributed by atoms with E-state index < -0.39 is 12.0 Å². The van der Waals surface area contributed by atoms with E-state index in [0.717, 1.165) is 5.56 Å². The number of rotatable bonds is 1. The Morgan fingerprint density at radius 3 is 2.71 bits per heavy atom. The SMILES string of the molecule is CC(=O)N1CCc2ccc(O)cc2C1C(=O)O. The lowest BCUT2D eigenvalue weighted by Gasteiger charge is -2.34. The zero-order valence-corrected chi connectivity index (χ0v) is 9.38. The minimum absolute atomic E-state index is 0.0143. The molecule has 1 heterocycles. The van der Waals surface area contributed by atoms with Gasteiger partial charge in [-0.2, -0.15) is 0 Å². The Morgan fingerprint density at radius 2 is 2.12 bits per heavy atom. The van der Waals surface area contributed by atoms with Gasteiger partial charge in [0, 0.05) is 13.5 Å². The number of benzene rings is 1. The molecule has 0 saturated heterocycles. The highest BCUT2D eigenvalue weighted by Crippen LogP contribution is 2.32. The number of hydrogen-bond acceptors (Lipinski definition) is 3. The van der Waals surface area contributed by atoms with Crippen LogP contribution < -0.4 is 0 Å². The molecular formula is C12H13NO4. The van der Waals surface area contributed by atoms with Crippen molar-refractivity contribution in [1.29, 1.82) is 0 Å². The number of carboxylic acid groups (broad SMARTS) is 1. The van der Waals surface area contributed by atoms with E-state index in [2.05, 4.69) is 0 Å². The third-order valence-electron chi connectivity index (χ3n) is 3.00. The first-order valence-corrected chi connectivity index (χ1v) is 5.32. The predicted octanol–water partition coefficient (Wildman–Crippen LogP) is 0.923. The van der Waals surface area contributed by atoms with Crippen molar-refractivity contribution in [1.82, 2.24) is 4.90 Å². The second-order valence-corrected chi connectivity index (χ2v) is 4.09. The molecule has 1 aromatic carbocycles. The van der Waals surface area contributed by atoms with Crippen molar-refractivity contribution < 1.29 is 19.8 Å². The highest BCUT2D eigenvalue weighted by atomic mass is 16.4. The summed E-state index contributed by atoms with van der Waals surface area (Å²) in [6, 6.07) is 3.66. The molecule has 0 aliphatic carbocycles. The summed E-state index contributed by atoms with van der Waals surface area (Å²) >= 11 is 0. The maximum Gasteiger partial charge on any atom is 0.331 e. The van der Waals surface area contributed by atoms with Crippen LogP contribution in [0.1, 0.15) is 24.1 Å². The standard InChI is InChI=1S/C12H13NO4/c1-7(14)13-5-4-8-2-3-9(15)6-10(8)11(13)12(16)17/h2-3,6,11,15H,4-5H2,1H3,(H,16,17). The second kappa shape index (κ2) is 4.08. The van der Waals surface area contributed by atoms with Crippen molar-refractivity contribution in [2.75, 3.05) is 6.54 Å². The summed E-state index contributed by atoms with van der Waals surface area (Å²) in [7, 11) is 0. The van der Waals surface area contributed by atoms with Gasteiger partial charge in [0.2, 0.25) is 5.91 Å². The molecule has 2 N–H and O–H groups in total. The summed E-state index contributed by atoms with van der Waals surface area (Å²) in [6.45, 7) is 1.74. The van der Waals surface area contributed by atoms with E-state index in [-0.39, 0.29) is 11.7 Å². The number of amides is 1. The number of hydrogen-bond donors (Lipinski definition) is 2. The average Bonchev–Trinajstić information content (AvgIpc) is 2.26. The fraction of sp³-hybridized carbons (Fsp3) is 0.333. The summed E-state index contributed by atoms with van der Waals surface area (Å²) in [6.07, 6.45) is 0.610. The van der Waals surface area contributed by atoms with Crippen LogP contribution in [0.2, 0.25) is 0 Å². The van der Waals surface area contributed by atoms with Crippen LogP contribution in [0.25, 0.3) is 0 Å². The number of aliphatic carboxylic acids is 1. The summed E-state index contributed by atoms with van der Waals surface area (Å²) in [5.41, 5.74) is 1.37. The van der Waals surface area contributed by atoms with Crippen LogP contribution in [0.5, 0.6) is 5.75 Å². The minimum atomic E-state index is -1.08.